The van der Waals surface area contributed by atoms with Gasteiger partial charge in [0.15, 0.2) is 0 Å². The van der Waals surface area contributed by atoms with E-state index < -0.39 is 17.3 Å². The SMILES string of the molecule is CN(c1cccc(C#N)c1)c1cc(F)c(C(=O)O)cc1N. The smallest absolute Gasteiger partial charge is 0.338 e. The monoisotopic (exact) mass is 285 g/mol. The summed E-state index contributed by atoms with van der Waals surface area (Å²) < 4.78 is 13.8. The molecule has 0 spiro atoms. The molecule has 2 aromatic rings. The third-order valence-electron chi connectivity index (χ3n) is 3.07. The lowest BCUT2D eigenvalue weighted by Crippen LogP contribution is -2.13. The molecule has 0 unspecified atom stereocenters. The topological polar surface area (TPSA) is 90.3 Å². The third kappa shape index (κ3) is 2.77. The van der Waals surface area contributed by atoms with Crippen LogP contribution >= 0.6 is 0 Å². The van der Waals surface area contributed by atoms with Gasteiger partial charge in [-0.2, -0.15) is 5.26 Å². The van der Waals surface area contributed by atoms with Crippen molar-refractivity contribution < 1.29 is 14.3 Å². The third-order valence-corrected chi connectivity index (χ3v) is 3.07. The van der Waals surface area contributed by atoms with Crippen LogP contribution in [-0.4, -0.2) is 18.1 Å². The summed E-state index contributed by atoms with van der Waals surface area (Å²) in [5.41, 5.74) is 6.89. The Hall–Kier alpha value is -3.07. The zero-order valence-corrected chi connectivity index (χ0v) is 11.2. The van der Waals surface area contributed by atoms with Crippen molar-refractivity contribution in [2.24, 2.45) is 0 Å². The molecule has 0 fully saturated rings. The number of nitriles is 1. The predicted octanol–water partition coefficient (Wildman–Crippen LogP) is 2.75. The van der Waals surface area contributed by atoms with Gasteiger partial charge in [-0.25, -0.2) is 9.18 Å². The molecule has 0 saturated carbocycles. The number of anilines is 3. The van der Waals surface area contributed by atoms with Gasteiger partial charge >= 0.3 is 5.97 Å². The molecule has 0 amide bonds. The fraction of sp³-hybridized carbons (Fsp3) is 0.0667. The van der Waals surface area contributed by atoms with E-state index in [2.05, 4.69) is 0 Å². The second-order valence-electron chi connectivity index (χ2n) is 4.42. The lowest BCUT2D eigenvalue weighted by atomic mass is 10.1. The Morgan fingerprint density at radius 2 is 2.10 bits per heavy atom. The van der Waals surface area contributed by atoms with E-state index in [1.807, 2.05) is 6.07 Å². The minimum absolute atomic E-state index is 0.138. The largest absolute Gasteiger partial charge is 0.478 e. The Morgan fingerprint density at radius 1 is 1.38 bits per heavy atom. The van der Waals surface area contributed by atoms with Crippen molar-refractivity contribution in [2.75, 3.05) is 17.7 Å². The summed E-state index contributed by atoms with van der Waals surface area (Å²) in [6.45, 7) is 0. The number of hydrogen-bond donors (Lipinski definition) is 2. The molecule has 6 heteroatoms. The second kappa shape index (κ2) is 5.51. The van der Waals surface area contributed by atoms with Gasteiger partial charge in [-0.15, -0.1) is 0 Å². The molecule has 0 aliphatic heterocycles. The Balaban J connectivity index is 2.48. The maximum absolute atomic E-state index is 13.8. The van der Waals surface area contributed by atoms with Crippen LogP contribution < -0.4 is 10.6 Å². The molecule has 0 saturated heterocycles. The Labute approximate surface area is 120 Å². The van der Waals surface area contributed by atoms with E-state index in [4.69, 9.17) is 16.1 Å². The van der Waals surface area contributed by atoms with Crippen LogP contribution in [0.3, 0.4) is 0 Å². The number of aromatic carboxylic acids is 1. The summed E-state index contributed by atoms with van der Waals surface area (Å²) in [5, 5.41) is 17.8. The van der Waals surface area contributed by atoms with E-state index in [0.29, 0.717) is 16.9 Å². The van der Waals surface area contributed by atoms with Gasteiger partial charge in [0.2, 0.25) is 0 Å². The number of benzene rings is 2. The van der Waals surface area contributed by atoms with Crippen LogP contribution in [0.25, 0.3) is 0 Å². The van der Waals surface area contributed by atoms with Gasteiger partial charge in [0.05, 0.1) is 28.6 Å². The number of halogens is 1. The van der Waals surface area contributed by atoms with E-state index in [1.165, 1.54) is 0 Å². The number of nitrogens with zero attached hydrogens (tertiary/aromatic N) is 2. The molecule has 0 radical (unpaired) electrons. The maximum atomic E-state index is 13.8. The summed E-state index contributed by atoms with van der Waals surface area (Å²) in [7, 11) is 1.65. The first-order valence-corrected chi connectivity index (χ1v) is 6.00. The molecule has 0 heterocycles. The minimum Gasteiger partial charge on any atom is -0.478 e. The molecule has 2 rings (SSSR count). The average Bonchev–Trinajstić information content (AvgIpc) is 2.48. The van der Waals surface area contributed by atoms with Crippen molar-refractivity contribution in [2.45, 2.75) is 0 Å². The first-order chi connectivity index (χ1) is 9.93. The maximum Gasteiger partial charge on any atom is 0.338 e. The molecule has 0 bridgehead atoms. The van der Waals surface area contributed by atoms with Gasteiger partial charge in [-0.3, -0.25) is 0 Å². The summed E-state index contributed by atoms with van der Waals surface area (Å²) in [6.07, 6.45) is 0. The van der Waals surface area contributed by atoms with Crippen LogP contribution in [0, 0.1) is 17.1 Å². The van der Waals surface area contributed by atoms with E-state index in [9.17, 15) is 9.18 Å². The molecule has 3 N–H and O–H groups in total. The fourth-order valence-electron chi connectivity index (χ4n) is 1.96. The Bertz CT molecular complexity index is 753. The first kappa shape index (κ1) is 14.3. The van der Waals surface area contributed by atoms with Gasteiger partial charge in [0.1, 0.15) is 5.82 Å². The molecule has 0 aromatic heterocycles. The lowest BCUT2D eigenvalue weighted by molar-refractivity contribution is 0.0692. The highest BCUT2D eigenvalue weighted by molar-refractivity contribution is 5.91. The molecular formula is C15H12FN3O2. The number of nitrogen functional groups attached to an aromatic ring is 1. The van der Waals surface area contributed by atoms with Gasteiger partial charge in [-0.05, 0) is 24.3 Å². The van der Waals surface area contributed by atoms with Crippen molar-refractivity contribution >= 4 is 23.0 Å². The molecule has 2 aromatic carbocycles. The molecule has 0 aliphatic rings. The predicted molar refractivity (Wildman–Crippen MR) is 77.0 cm³/mol. The number of carboxylic acids is 1. The Kier molecular flexibility index (Phi) is 3.76. The number of rotatable bonds is 3. The van der Waals surface area contributed by atoms with Crippen molar-refractivity contribution in [1.82, 2.24) is 0 Å². The van der Waals surface area contributed by atoms with E-state index >= 15 is 0 Å². The lowest BCUT2D eigenvalue weighted by Gasteiger charge is -2.22. The zero-order valence-electron chi connectivity index (χ0n) is 11.2. The highest BCUT2D eigenvalue weighted by Gasteiger charge is 2.16. The van der Waals surface area contributed by atoms with Gasteiger partial charge in [0.25, 0.3) is 0 Å². The van der Waals surface area contributed by atoms with Crippen molar-refractivity contribution in [3.8, 4) is 6.07 Å². The Morgan fingerprint density at radius 3 is 2.71 bits per heavy atom. The van der Waals surface area contributed by atoms with E-state index in [0.717, 1.165) is 12.1 Å². The summed E-state index contributed by atoms with van der Waals surface area (Å²) >= 11 is 0. The van der Waals surface area contributed by atoms with Crippen LogP contribution in [0.5, 0.6) is 0 Å². The molecule has 106 valence electrons. The molecule has 21 heavy (non-hydrogen) atoms. The first-order valence-electron chi connectivity index (χ1n) is 6.00. The summed E-state index contributed by atoms with van der Waals surface area (Å²) in [4.78, 5) is 12.5. The molecule has 0 atom stereocenters. The highest BCUT2D eigenvalue weighted by Crippen LogP contribution is 2.31. The normalized spacial score (nSPS) is 9.95. The minimum atomic E-state index is -1.38. The summed E-state index contributed by atoms with van der Waals surface area (Å²) in [5.74, 6) is -2.24. The van der Waals surface area contributed by atoms with Gasteiger partial charge < -0.3 is 15.7 Å². The number of carboxylic acid groups (broad SMARTS) is 1. The van der Waals surface area contributed by atoms with Crippen LogP contribution in [0.1, 0.15) is 15.9 Å². The number of hydrogen-bond acceptors (Lipinski definition) is 4. The van der Waals surface area contributed by atoms with Crippen LogP contribution in [0.15, 0.2) is 36.4 Å². The molecular weight excluding hydrogens is 273 g/mol. The highest BCUT2D eigenvalue weighted by atomic mass is 19.1. The van der Waals surface area contributed by atoms with Crippen LogP contribution in [0.4, 0.5) is 21.5 Å². The van der Waals surface area contributed by atoms with Crippen molar-refractivity contribution in [1.29, 1.82) is 5.26 Å². The second-order valence-corrected chi connectivity index (χ2v) is 4.42. The van der Waals surface area contributed by atoms with Crippen LogP contribution in [0.2, 0.25) is 0 Å². The quantitative estimate of drug-likeness (QED) is 0.846. The van der Waals surface area contributed by atoms with Gasteiger partial charge in [-0.1, -0.05) is 6.07 Å². The molecule has 0 aliphatic carbocycles. The average molecular weight is 285 g/mol. The fourth-order valence-corrected chi connectivity index (χ4v) is 1.96. The number of nitrogens with two attached hydrogens (primary N) is 1. The van der Waals surface area contributed by atoms with Crippen LogP contribution in [-0.2, 0) is 0 Å². The van der Waals surface area contributed by atoms with Gasteiger partial charge in [0, 0.05) is 18.8 Å². The summed E-state index contributed by atoms with van der Waals surface area (Å²) in [6, 6.07) is 10.9. The standard InChI is InChI=1S/C15H12FN3O2/c1-19(10-4-2-3-9(5-10)8-17)14-7-12(16)11(15(20)21)6-13(14)18/h2-7H,18H2,1H3,(H,20,21). The number of carbonyl (C=O) groups is 1. The molecule has 5 nitrogen and oxygen atoms in total. The van der Waals surface area contributed by atoms with Crippen molar-refractivity contribution in [3.05, 3.63) is 53.3 Å². The van der Waals surface area contributed by atoms with E-state index in [1.54, 1.807) is 36.2 Å². The van der Waals surface area contributed by atoms with E-state index in [-0.39, 0.29) is 5.69 Å². The zero-order chi connectivity index (χ0) is 15.6. The van der Waals surface area contributed by atoms with Crippen molar-refractivity contribution in [3.63, 3.8) is 0 Å².